The summed E-state index contributed by atoms with van der Waals surface area (Å²) in [6.45, 7) is 3.84. The van der Waals surface area contributed by atoms with Crippen LogP contribution in [0.2, 0.25) is 5.15 Å². The van der Waals surface area contributed by atoms with Crippen molar-refractivity contribution >= 4 is 23.4 Å². The van der Waals surface area contributed by atoms with Crippen molar-refractivity contribution in [1.82, 2.24) is 9.97 Å². The molecule has 0 N–H and O–H groups in total. The molecule has 2 nitrogen and oxygen atoms in total. The van der Waals surface area contributed by atoms with Crippen LogP contribution in [0.15, 0.2) is 34.2 Å². The van der Waals surface area contributed by atoms with E-state index in [0.29, 0.717) is 0 Å². The fraction of sp³-hybridized carbons (Fsp3) is 0.231. The Kier molecular flexibility index (Phi) is 4.25. The summed E-state index contributed by atoms with van der Waals surface area (Å²) in [7, 11) is 0. The van der Waals surface area contributed by atoms with Crippen LogP contribution in [-0.4, -0.2) is 9.97 Å². The third kappa shape index (κ3) is 3.64. The van der Waals surface area contributed by atoms with Crippen LogP contribution in [0.1, 0.15) is 17.0 Å². The lowest BCUT2D eigenvalue weighted by molar-refractivity contribution is -0.145. The molecule has 0 saturated carbocycles. The lowest BCUT2D eigenvalue weighted by Gasteiger charge is -2.09. The Morgan fingerprint density at radius 2 is 1.80 bits per heavy atom. The maximum atomic E-state index is 12.6. The standard InChI is InChI=1S/C13H10ClF3N2S/c1-7-3-4-9(8(2)5-7)20-11-6-10(14)18-12(19-11)13(15,16)17/h3-6H,1-2H3. The van der Waals surface area contributed by atoms with E-state index in [-0.39, 0.29) is 10.2 Å². The van der Waals surface area contributed by atoms with Gasteiger partial charge in [0.2, 0.25) is 5.82 Å². The third-order valence-electron chi connectivity index (χ3n) is 2.47. The van der Waals surface area contributed by atoms with Crippen LogP contribution in [0.5, 0.6) is 0 Å². The van der Waals surface area contributed by atoms with Gasteiger partial charge in [-0.15, -0.1) is 0 Å². The Labute approximate surface area is 123 Å². The third-order valence-corrected chi connectivity index (χ3v) is 3.76. The molecule has 0 aliphatic carbocycles. The van der Waals surface area contributed by atoms with Crippen molar-refractivity contribution in [2.24, 2.45) is 0 Å². The number of halogens is 4. The first-order valence-corrected chi connectivity index (χ1v) is 6.82. The van der Waals surface area contributed by atoms with E-state index in [2.05, 4.69) is 9.97 Å². The molecule has 0 aliphatic heterocycles. The van der Waals surface area contributed by atoms with Gasteiger partial charge >= 0.3 is 6.18 Å². The van der Waals surface area contributed by atoms with E-state index in [1.165, 1.54) is 6.07 Å². The summed E-state index contributed by atoms with van der Waals surface area (Å²) in [5, 5.41) is -0.0520. The zero-order chi connectivity index (χ0) is 14.9. The van der Waals surface area contributed by atoms with Crippen LogP contribution in [0.4, 0.5) is 13.2 Å². The van der Waals surface area contributed by atoms with E-state index in [0.717, 1.165) is 27.8 Å². The monoisotopic (exact) mass is 318 g/mol. The molecule has 0 aliphatic rings. The molecule has 0 spiro atoms. The smallest absolute Gasteiger partial charge is 0.217 e. The van der Waals surface area contributed by atoms with Gasteiger partial charge in [-0.1, -0.05) is 41.1 Å². The molecule has 1 aromatic carbocycles. The number of aryl methyl sites for hydroxylation is 2. The Hall–Kier alpha value is -1.27. The van der Waals surface area contributed by atoms with Crippen molar-refractivity contribution in [2.45, 2.75) is 29.9 Å². The van der Waals surface area contributed by atoms with Crippen molar-refractivity contribution in [1.29, 1.82) is 0 Å². The SMILES string of the molecule is Cc1ccc(Sc2cc(Cl)nc(C(F)(F)F)n2)c(C)c1. The van der Waals surface area contributed by atoms with Gasteiger partial charge in [0.25, 0.3) is 0 Å². The van der Waals surface area contributed by atoms with E-state index < -0.39 is 12.0 Å². The maximum Gasteiger partial charge on any atom is 0.451 e. The number of aromatic nitrogens is 2. The molecule has 2 aromatic rings. The van der Waals surface area contributed by atoms with Crippen molar-refractivity contribution in [3.8, 4) is 0 Å². The summed E-state index contributed by atoms with van der Waals surface area (Å²) < 4.78 is 37.9. The average Bonchev–Trinajstić information content (AvgIpc) is 2.31. The number of hydrogen-bond acceptors (Lipinski definition) is 3. The molecule has 0 radical (unpaired) electrons. The van der Waals surface area contributed by atoms with E-state index in [1.807, 2.05) is 32.0 Å². The molecule has 0 bridgehead atoms. The van der Waals surface area contributed by atoms with Gasteiger partial charge in [0.1, 0.15) is 10.2 Å². The van der Waals surface area contributed by atoms with Crippen LogP contribution in [0, 0.1) is 13.8 Å². The molecular weight excluding hydrogens is 309 g/mol. The molecule has 20 heavy (non-hydrogen) atoms. The summed E-state index contributed by atoms with van der Waals surface area (Å²) in [6.07, 6.45) is -4.61. The first-order valence-electron chi connectivity index (χ1n) is 5.62. The minimum absolute atomic E-state index is 0.171. The molecule has 0 saturated heterocycles. The van der Waals surface area contributed by atoms with Gasteiger partial charge in [-0.25, -0.2) is 9.97 Å². The second kappa shape index (κ2) is 5.61. The van der Waals surface area contributed by atoms with Crippen LogP contribution in [0.25, 0.3) is 0 Å². The molecule has 7 heteroatoms. The van der Waals surface area contributed by atoms with Crippen LogP contribution in [-0.2, 0) is 6.18 Å². The van der Waals surface area contributed by atoms with Gasteiger partial charge < -0.3 is 0 Å². The number of nitrogens with zero attached hydrogens (tertiary/aromatic N) is 2. The summed E-state index contributed by atoms with van der Waals surface area (Å²) in [5.41, 5.74) is 2.06. The first kappa shape index (κ1) is 15.1. The highest BCUT2D eigenvalue weighted by molar-refractivity contribution is 7.99. The largest absolute Gasteiger partial charge is 0.451 e. The van der Waals surface area contributed by atoms with Crippen molar-refractivity contribution in [2.75, 3.05) is 0 Å². The Balaban J connectivity index is 2.36. The van der Waals surface area contributed by atoms with Gasteiger partial charge in [0, 0.05) is 11.0 Å². The molecule has 1 heterocycles. The molecule has 0 fully saturated rings. The highest BCUT2D eigenvalue weighted by Crippen LogP contribution is 2.33. The predicted molar refractivity (Wildman–Crippen MR) is 72.1 cm³/mol. The zero-order valence-electron chi connectivity index (χ0n) is 10.6. The summed E-state index contributed by atoms with van der Waals surface area (Å²) >= 11 is 6.75. The fourth-order valence-corrected chi connectivity index (χ4v) is 2.73. The van der Waals surface area contributed by atoms with E-state index >= 15 is 0 Å². The molecule has 0 atom stereocenters. The highest BCUT2D eigenvalue weighted by Gasteiger charge is 2.35. The van der Waals surface area contributed by atoms with Crippen molar-refractivity contribution in [3.63, 3.8) is 0 Å². The molecule has 0 amide bonds. The second-order valence-electron chi connectivity index (χ2n) is 4.22. The van der Waals surface area contributed by atoms with Gasteiger partial charge in [0.05, 0.1) is 0 Å². The Morgan fingerprint density at radius 3 is 2.40 bits per heavy atom. The van der Waals surface area contributed by atoms with E-state index in [4.69, 9.17) is 11.6 Å². The second-order valence-corrected chi connectivity index (χ2v) is 5.67. The number of benzene rings is 1. The molecule has 106 valence electrons. The molecule has 0 unspecified atom stereocenters. The van der Waals surface area contributed by atoms with Crippen LogP contribution < -0.4 is 0 Å². The summed E-state index contributed by atoms with van der Waals surface area (Å²) in [6, 6.07) is 7.01. The normalized spacial score (nSPS) is 11.7. The van der Waals surface area contributed by atoms with Gasteiger partial charge in [-0.05, 0) is 25.5 Å². The van der Waals surface area contributed by atoms with Crippen LogP contribution in [0.3, 0.4) is 0 Å². The van der Waals surface area contributed by atoms with Crippen LogP contribution >= 0.6 is 23.4 Å². The van der Waals surface area contributed by atoms with Gasteiger partial charge in [-0.2, -0.15) is 13.2 Å². The lowest BCUT2D eigenvalue weighted by atomic mass is 10.2. The number of hydrogen-bond donors (Lipinski definition) is 0. The Bertz CT molecular complexity index is 644. The fourth-order valence-electron chi connectivity index (χ4n) is 1.60. The van der Waals surface area contributed by atoms with Crippen molar-refractivity contribution in [3.05, 3.63) is 46.4 Å². The minimum atomic E-state index is -4.61. The van der Waals surface area contributed by atoms with Gasteiger partial charge in [-0.3, -0.25) is 0 Å². The molecular formula is C13H10ClF3N2S. The number of rotatable bonds is 2. The minimum Gasteiger partial charge on any atom is -0.217 e. The lowest BCUT2D eigenvalue weighted by Crippen LogP contribution is -2.11. The molecule has 2 rings (SSSR count). The predicted octanol–water partition coefficient (Wildman–Crippen LogP) is 4.92. The topological polar surface area (TPSA) is 25.8 Å². The van der Waals surface area contributed by atoms with Gasteiger partial charge in [0.15, 0.2) is 0 Å². The first-order chi connectivity index (χ1) is 9.25. The summed E-state index contributed by atoms with van der Waals surface area (Å²) in [5.74, 6) is -1.22. The highest BCUT2D eigenvalue weighted by atomic mass is 35.5. The quantitative estimate of drug-likeness (QED) is 0.735. The number of alkyl halides is 3. The average molecular weight is 319 g/mol. The Morgan fingerprint density at radius 1 is 1.10 bits per heavy atom. The zero-order valence-corrected chi connectivity index (χ0v) is 12.2. The van der Waals surface area contributed by atoms with Crippen molar-refractivity contribution < 1.29 is 13.2 Å². The maximum absolute atomic E-state index is 12.6. The molecule has 1 aromatic heterocycles. The summed E-state index contributed by atoms with van der Waals surface area (Å²) in [4.78, 5) is 7.54. The van der Waals surface area contributed by atoms with E-state index in [9.17, 15) is 13.2 Å². The van der Waals surface area contributed by atoms with E-state index in [1.54, 1.807) is 0 Å².